The Balaban J connectivity index is 2.30. The van der Waals surface area contributed by atoms with Gasteiger partial charge in [-0.3, -0.25) is 5.10 Å². The van der Waals surface area contributed by atoms with Crippen LogP contribution >= 0.6 is 0 Å². The molecular weight excluding hydrogens is 328 g/mol. The van der Waals surface area contributed by atoms with Gasteiger partial charge in [0.2, 0.25) is 0 Å². The first-order chi connectivity index (χ1) is 11.3. The quantitative estimate of drug-likeness (QED) is 0.778. The summed E-state index contributed by atoms with van der Waals surface area (Å²) in [6.45, 7) is 3.51. The van der Waals surface area contributed by atoms with Crippen molar-refractivity contribution in [3.8, 4) is 6.07 Å². The molecule has 0 amide bonds. The van der Waals surface area contributed by atoms with Gasteiger partial charge in [0.1, 0.15) is 11.9 Å². The number of nitriles is 1. The van der Waals surface area contributed by atoms with E-state index < -0.39 is 22.2 Å². The third kappa shape index (κ3) is 4.38. The predicted octanol–water partition coefficient (Wildman–Crippen LogP) is 1.13. The van der Waals surface area contributed by atoms with Crippen molar-refractivity contribution in [1.29, 1.82) is 5.26 Å². The van der Waals surface area contributed by atoms with E-state index in [0.717, 1.165) is 9.87 Å². The zero-order valence-corrected chi connectivity index (χ0v) is 14.6. The summed E-state index contributed by atoms with van der Waals surface area (Å²) in [6, 6.07) is 10.4. The molecule has 0 radical (unpaired) electrons. The van der Waals surface area contributed by atoms with Gasteiger partial charge in [-0.2, -0.15) is 27.8 Å². The molecule has 0 bridgehead atoms. The summed E-state index contributed by atoms with van der Waals surface area (Å²) in [6.07, 6.45) is 0. The van der Waals surface area contributed by atoms with Crippen molar-refractivity contribution < 1.29 is 8.42 Å². The van der Waals surface area contributed by atoms with Crippen LogP contribution in [0.4, 0.5) is 0 Å². The largest absolute Gasteiger partial charge is 0.280 e. The molecule has 1 heterocycles. The number of benzene rings is 1. The smallest absolute Gasteiger partial charge is 0.263 e. The molecule has 8 nitrogen and oxygen atoms in total. The number of hydrogen-bond acceptors (Lipinski definition) is 5. The van der Waals surface area contributed by atoms with E-state index >= 15 is 0 Å². The number of nitrogens with one attached hydrogen (secondary N) is 2. The summed E-state index contributed by atoms with van der Waals surface area (Å²) in [7, 11) is -2.38. The van der Waals surface area contributed by atoms with E-state index in [0.29, 0.717) is 11.6 Å². The summed E-state index contributed by atoms with van der Waals surface area (Å²) < 4.78 is 28.9. The summed E-state index contributed by atoms with van der Waals surface area (Å²) in [4.78, 5) is 4.24. The maximum Gasteiger partial charge on any atom is 0.280 e. The van der Waals surface area contributed by atoms with Crippen molar-refractivity contribution in [1.82, 2.24) is 24.2 Å². The molecule has 1 aromatic heterocycles. The van der Waals surface area contributed by atoms with Gasteiger partial charge in [-0.15, -0.1) is 0 Å². The summed E-state index contributed by atoms with van der Waals surface area (Å²) in [5, 5.41) is 15.7. The van der Waals surface area contributed by atoms with Crippen LogP contribution in [0.5, 0.6) is 0 Å². The molecule has 24 heavy (non-hydrogen) atoms. The Morgan fingerprint density at radius 1 is 1.38 bits per heavy atom. The number of nitrogens with zero attached hydrogens (tertiary/aromatic N) is 4. The van der Waals surface area contributed by atoms with Gasteiger partial charge in [0, 0.05) is 13.6 Å². The Kier molecular flexibility index (Phi) is 5.66. The predicted molar refractivity (Wildman–Crippen MR) is 88.9 cm³/mol. The number of H-pyrrole nitrogens is 1. The van der Waals surface area contributed by atoms with Crippen LogP contribution in [0, 0.1) is 24.2 Å². The topological polar surface area (TPSA) is 115 Å². The number of aromatic amines is 1. The molecule has 0 aliphatic carbocycles. The second-order valence-corrected chi connectivity index (χ2v) is 7.37. The monoisotopic (exact) mass is 348 g/mol. The lowest BCUT2D eigenvalue weighted by Gasteiger charge is -2.22. The van der Waals surface area contributed by atoms with Gasteiger partial charge < -0.3 is 0 Å². The van der Waals surface area contributed by atoms with Gasteiger partial charge in [-0.1, -0.05) is 30.3 Å². The van der Waals surface area contributed by atoms with Gasteiger partial charge >= 0.3 is 0 Å². The van der Waals surface area contributed by atoms with E-state index in [1.54, 1.807) is 26.0 Å². The Morgan fingerprint density at radius 2 is 2.04 bits per heavy atom. The second-order valence-electron chi connectivity index (χ2n) is 5.56. The van der Waals surface area contributed by atoms with Crippen LogP contribution in [0.15, 0.2) is 30.3 Å². The maximum absolute atomic E-state index is 12.6. The van der Waals surface area contributed by atoms with Gasteiger partial charge in [0.05, 0.1) is 12.0 Å². The molecule has 2 unspecified atom stereocenters. The van der Waals surface area contributed by atoms with Gasteiger partial charge in [0.25, 0.3) is 10.2 Å². The van der Waals surface area contributed by atoms with Crippen LogP contribution in [0.2, 0.25) is 0 Å². The van der Waals surface area contributed by atoms with Crippen molar-refractivity contribution >= 4 is 10.2 Å². The Labute approximate surface area is 141 Å². The van der Waals surface area contributed by atoms with Crippen LogP contribution in [-0.2, 0) is 10.2 Å². The fourth-order valence-electron chi connectivity index (χ4n) is 2.17. The number of aromatic nitrogens is 3. The van der Waals surface area contributed by atoms with Crippen molar-refractivity contribution in [3.63, 3.8) is 0 Å². The first-order valence-corrected chi connectivity index (χ1v) is 8.84. The molecule has 0 saturated carbocycles. The van der Waals surface area contributed by atoms with Crippen molar-refractivity contribution in [3.05, 3.63) is 47.5 Å². The molecule has 9 heteroatoms. The lowest BCUT2D eigenvalue weighted by atomic mass is 10.1. The molecule has 0 saturated heterocycles. The van der Waals surface area contributed by atoms with Crippen molar-refractivity contribution in [2.24, 2.45) is 5.92 Å². The average Bonchev–Trinajstić information content (AvgIpc) is 2.99. The fraction of sp³-hybridized carbons (Fsp3) is 0.400. The van der Waals surface area contributed by atoms with Crippen LogP contribution in [-0.4, -0.2) is 41.5 Å². The number of aryl methyl sites for hydroxylation is 1. The molecule has 128 valence electrons. The number of rotatable bonds is 7. The normalized spacial score (nSPS) is 14.3. The van der Waals surface area contributed by atoms with E-state index in [9.17, 15) is 8.42 Å². The summed E-state index contributed by atoms with van der Waals surface area (Å²) in [5.74, 6) is 0.521. The van der Waals surface area contributed by atoms with Crippen molar-refractivity contribution in [2.75, 3.05) is 13.6 Å². The SMILES string of the molecule is Cc1nc(C(NS(=O)(=O)N(C)CC(C)C#N)c2ccccc2)n[nH]1. The minimum atomic E-state index is -3.81. The summed E-state index contributed by atoms with van der Waals surface area (Å²) in [5.41, 5.74) is 0.724. The lowest BCUT2D eigenvalue weighted by Crippen LogP contribution is -2.42. The standard InChI is InChI=1S/C15H20N6O2S/c1-11(9-16)10-21(3)24(22,23)20-14(13-7-5-4-6-8-13)15-17-12(2)18-19-15/h4-8,11,14,20H,10H2,1-3H3,(H,17,18,19). The van der Waals surface area contributed by atoms with E-state index in [1.165, 1.54) is 7.05 Å². The molecule has 1 aromatic carbocycles. The van der Waals surface area contributed by atoms with Crippen LogP contribution in [0.1, 0.15) is 30.2 Å². The molecule has 2 N–H and O–H groups in total. The maximum atomic E-state index is 12.6. The van der Waals surface area contributed by atoms with E-state index in [1.807, 2.05) is 24.3 Å². The minimum Gasteiger partial charge on any atom is -0.263 e. The Hall–Kier alpha value is -2.28. The zero-order chi connectivity index (χ0) is 17.7. The molecule has 2 aromatic rings. The van der Waals surface area contributed by atoms with E-state index in [2.05, 4.69) is 19.9 Å². The molecule has 0 spiro atoms. The number of hydrogen-bond donors (Lipinski definition) is 2. The Morgan fingerprint density at radius 3 is 2.58 bits per heavy atom. The van der Waals surface area contributed by atoms with E-state index in [-0.39, 0.29) is 6.54 Å². The minimum absolute atomic E-state index is 0.0976. The zero-order valence-electron chi connectivity index (χ0n) is 13.8. The second kappa shape index (κ2) is 7.53. The molecule has 0 aliphatic heterocycles. The Bertz CT molecular complexity index is 812. The van der Waals surface area contributed by atoms with Gasteiger partial charge in [0.15, 0.2) is 5.82 Å². The molecular formula is C15H20N6O2S. The third-order valence-corrected chi connectivity index (χ3v) is 4.94. The van der Waals surface area contributed by atoms with Crippen LogP contribution < -0.4 is 4.72 Å². The first-order valence-electron chi connectivity index (χ1n) is 7.40. The summed E-state index contributed by atoms with van der Waals surface area (Å²) >= 11 is 0. The highest BCUT2D eigenvalue weighted by Gasteiger charge is 2.28. The fourth-order valence-corrected chi connectivity index (χ4v) is 3.31. The highest BCUT2D eigenvalue weighted by molar-refractivity contribution is 7.87. The average molecular weight is 348 g/mol. The highest BCUT2D eigenvalue weighted by atomic mass is 32.2. The third-order valence-electron chi connectivity index (χ3n) is 3.43. The van der Waals surface area contributed by atoms with E-state index in [4.69, 9.17) is 5.26 Å². The molecule has 2 atom stereocenters. The van der Waals surface area contributed by atoms with Gasteiger partial charge in [-0.05, 0) is 19.4 Å². The van der Waals surface area contributed by atoms with Crippen LogP contribution in [0.3, 0.4) is 0 Å². The highest BCUT2D eigenvalue weighted by Crippen LogP contribution is 2.20. The molecule has 0 aliphatic rings. The van der Waals surface area contributed by atoms with Gasteiger partial charge in [-0.25, -0.2) is 4.98 Å². The first kappa shape index (κ1) is 18.1. The van der Waals surface area contributed by atoms with Crippen molar-refractivity contribution in [2.45, 2.75) is 19.9 Å². The molecule has 2 rings (SSSR count). The van der Waals surface area contributed by atoms with Crippen LogP contribution in [0.25, 0.3) is 0 Å². The molecule has 0 fully saturated rings. The lowest BCUT2D eigenvalue weighted by molar-refractivity contribution is 0.425.